The molecule has 0 saturated carbocycles. The zero-order valence-electron chi connectivity index (χ0n) is 11.1. The lowest BCUT2D eigenvalue weighted by Crippen LogP contribution is -2.41. The number of pyridine rings is 1. The van der Waals surface area contributed by atoms with E-state index in [2.05, 4.69) is 4.98 Å². The maximum absolute atomic E-state index is 11.2. The van der Waals surface area contributed by atoms with Gasteiger partial charge in [-0.2, -0.15) is 11.8 Å². The zero-order valence-corrected chi connectivity index (χ0v) is 12.7. The number of carboxylic acid groups (broad SMARTS) is 1. The molecule has 0 bridgehead atoms. The molecule has 20 heavy (non-hydrogen) atoms. The van der Waals surface area contributed by atoms with Crippen molar-refractivity contribution in [2.45, 2.75) is 35.1 Å². The molecule has 2 atom stereocenters. The van der Waals surface area contributed by atoms with Crippen LogP contribution in [0.2, 0.25) is 0 Å². The van der Waals surface area contributed by atoms with Crippen LogP contribution in [0.25, 0.3) is 0 Å². The van der Waals surface area contributed by atoms with Crippen molar-refractivity contribution < 1.29 is 14.6 Å². The van der Waals surface area contributed by atoms with Crippen LogP contribution in [0.3, 0.4) is 0 Å². The first-order valence-corrected chi connectivity index (χ1v) is 8.79. The van der Waals surface area contributed by atoms with Crippen molar-refractivity contribution in [3.05, 3.63) is 23.9 Å². The molecule has 2 aliphatic heterocycles. The predicted molar refractivity (Wildman–Crippen MR) is 80.7 cm³/mol. The van der Waals surface area contributed by atoms with Crippen molar-refractivity contribution in [1.82, 2.24) is 4.98 Å². The number of aromatic nitrogens is 1. The summed E-state index contributed by atoms with van der Waals surface area (Å²) in [7, 11) is 0. The number of ether oxygens (including phenoxy) is 1. The molecule has 0 aromatic carbocycles. The molecule has 0 radical (unpaired) electrons. The summed E-state index contributed by atoms with van der Waals surface area (Å²) in [6.07, 6.45) is 4.74. The minimum absolute atomic E-state index is 0.0265. The summed E-state index contributed by atoms with van der Waals surface area (Å²) in [5.74, 6) is 1.33. The Labute approximate surface area is 126 Å². The third-order valence-corrected chi connectivity index (χ3v) is 6.30. The Morgan fingerprint density at radius 1 is 1.60 bits per heavy atom. The van der Waals surface area contributed by atoms with Gasteiger partial charge in [0.25, 0.3) is 0 Å². The van der Waals surface area contributed by atoms with Gasteiger partial charge in [0.05, 0.1) is 11.2 Å². The molecule has 2 fully saturated rings. The molecule has 3 heterocycles. The summed E-state index contributed by atoms with van der Waals surface area (Å²) in [6.45, 7) is 0.771. The Kier molecular flexibility index (Phi) is 4.23. The fourth-order valence-corrected chi connectivity index (χ4v) is 5.45. The van der Waals surface area contributed by atoms with Crippen molar-refractivity contribution in [2.24, 2.45) is 0 Å². The van der Waals surface area contributed by atoms with Gasteiger partial charge in [0.2, 0.25) is 0 Å². The largest absolute Gasteiger partial charge is 0.478 e. The van der Waals surface area contributed by atoms with Crippen molar-refractivity contribution in [3.63, 3.8) is 0 Å². The SMILES string of the molecule is O=C(O)c1cccnc1SC1CCOC2(CCSC2)C1. The van der Waals surface area contributed by atoms with Gasteiger partial charge < -0.3 is 9.84 Å². The number of thioether (sulfide) groups is 2. The van der Waals surface area contributed by atoms with E-state index in [1.54, 1.807) is 30.1 Å². The number of hydrogen-bond donors (Lipinski definition) is 1. The van der Waals surface area contributed by atoms with Gasteiger partial charge in [0.1, 0.15) is 5.03 Å². The Morgan fingerprint density at radius 3 is 3.25 bits per heavy atom. The highest BCUT2D eigenvalue weighted by molar-refractivity contribution is 8.00. The first-order chi connectivity index (χ1) is 9.69. The number of nitrogens with zero attached hydrogens (tertiary/aromatic N) is 1. The minimum Gasteiger partial charge on any atom is -0.478 e. The highest BCUT2D eigenvalue weighted by atomic mass is 32.2. The van der Waals surface area contributed by atoms with Gasteiger partial charge in [0.15, 0.2) is 0 Å². The van der Waals surface area contributed by atoms with E-state index in [1.165, 1.54) is 5.75 Å². The highest BCUT2D eigenvalue weighted by Gasteiger charge is 2.41. The van der Waals surface area contributed by atoms with E-state index < -0.39 is 5.97 Å². The lowest BCUT2D eigenvalue weighted by atomic mass is 9.93. The second-order valence-corrected chi connectivity index (χ2v) is 7.62. The van der Waals surface area contributed by atoms with Gasteiger partial charge >= 0.3 is 5.97 Å². The molecule has 0 amide bonds. The van der Waals surface area contributed by atoms with Gasteiger partial charge in [0, 0.05) is 23.8 Å². The molecule has 108 valence electrons. The number of hydrogen-bond acceptors (Lipinski definition) is 5. The molecule has 2 unspecified atom stereocenters. The molecule has 6 heteroatoms. The van der Waals surface area contributed by atoms with Crippen molar-refractivity contribution >= 4 is 29.5 Å². The minimum atomic E-state index is -0.904. The average molecular weight is 311 g/mol. The topological polar surface area (TPSA) is 59.4 Å². The number of rotatable bonds is 3. The molecule has 3 rings (SSSR count). The third-order valence-electron chi connectivity index (χ3n) is 3.79. The van der Waals surface area contributed by atoms with Crippen LogP contribution >= 0.6 is 23.5 Å². The maximum Gasteiger partial charge on any atom is 0.338 e. The number of carbonyl (C=O) groups is 1. The monoisotopic (exact) mass is 311 g/mol. The molecule has 0 aliphatic carbocycles. The van der Waals surface area contributed by atoms with E-state index in [0.29, 0.717) is 15.8 Å². The van der Waals surface area contributed by atoms with Crippen LogP contribution in [-0.4, -0.2) is 45.0 Å². The first-order valence-electron chi connectivity index (χ1n) is 6.75. The van der Waals surface area contributed by atoms with Crippen LogP contribution in [0.1, 0.15) is 29.6 Å². The lowest BCUT2D eigenvalue weighted by molar-refractivity contribution is -0.0562. The molecule has 1 spiro atoms. The summed E-state index contributed by atoms with van der Waals surface area (Å²) in [5, 5.41) is 10.2. The number of aromatic carboxylic acids is 1. The van der Waals surface area contributed by atoms with E-state index in [1.807, 2.05) is 11.8 Å². The van der Waals surface area contributed by atoms with Gasteiger partial charge in [-0.15, -0.1) is 11.8 Å². The molecular formula is C14H17NO3S2. The van der Waals surface area contributed by atoms with Crippen LogP contribution in [0.5, 0.6) is 0 Å². The Bertz CT molecular complexity index is 503. The Balaban J connectivity index is 1.73. The summed E-state index contributed by atoms with van der Waals surface area (Å²) in [5.41, 5.74) is 0.331. The third kappa shape index (κ3) is 2.97. The molecule has 1 aromatic heterocycles. The quantitative estimate of drug-likeness (QED) is 0.926. The van der Waals surface area contributed by atoms with Crippen LogP contribution in [0.15, 0.2) is 23.4 Å². The molecule has 1 N–H and O–H groups in total. The van der Waals surface area contributed by atoms with Crippen LogP contribution in [0, 0.1) is 0 Å². The van der Waals surface area contributed by atoms with E-state index in [-0.39, 0.29) is 5.60 Å². The van der Waals surface area contributed by atoms with E-state index in [9.17, 15) is 9.90 Å². The summed E-state index contributed by atoms with van der Waals surface area (Å²) in [6, 6.07) is 3.30. The first kappa shape index (κ1) is 14.2. The zero-order chi connectivity index (χ0) is 14.0. The molecule has 2 saturated heterocycles. The Morgan fingerprint density at radius 2 is 2.50 bits per heavy atom. The molecular weight excluding hydrogens is 294 g/mol. The second-order valence-electron chi connectivity index (χ2n) is 5.23. The summed E-state index contributed by atoms with van der Waals surface area (Å²) < 4.78 is 6.00. The fraction of sp³-hybridized carbons (Fsp3) is 0.571. The van der Waals surface area contributed by atoms with Crippen molar-refractivity contribution in [2.75, 3.05) is 18.1 Å². The van der Waals surface area contributed by atoms with E-state index in [0.717, 1.165) is 31.6 Å². The van der Waals surface area contributed by atoms with Crippen molar-refractivity contribution in [3.8, 4) is 0 Å². The fourth-order valence-electron chi connectivity index (χ4n) is 2.75. The van der Waals surface area contributed by atoms with Crippen LogP contribution in [-0.2, 0) is 4.74 Å². The van der Waals surface area contributed by atoms with Crippen LogP contribution < -0.4 is 0 Å². The van der Waals surface area contributed by atoms with E-state index >= 15 is 0 Å². The summed E-state index contributed by atoms with van der Waals surface area (Å²) in [4.78, 5) is 15.5. The van der Waals surface area contributed by atoms with E-state index in [4.69, 9.17) is 4.74 Å². The lowest BCUT2D eigenvalue weighted by Gasteiger charge is -2.37. The van der Waals surface area contributed by atoms with Gasteiger partial charge in [-0.3, -0.25) is 0 Å². The van der Waals surface area contributed by atoms with Gasteiger partial charge in [-0.1, -0.05) is 0 Å². The smallest absolute Gasteiger partial charge is 0.338 e. The molecule has 2 aliphatic rings. The molecule has 1 aromatic rings. The number of carboxylic acids is 1. The standard InChI is InChI=1S/C14H17NO3S2/c16-13(17)11-2-1-5-15-12(11)20-10-3-6-18-14(8-10)4-7-19-9-14/h1-2,5,10H,3-4,6-9H2,(H,16,17). The normalized spacial score (nSPS) is 29.7. The van der Waals surface area contributed by atoms with Crippen molar-refractivity contribution in [1.29, 1.82) is 0 Å². The molecule has 4 nitrogen and oxygen atoms in total. The van der Waals surface area contributed by atoms with Gasteiger partial charge in [-0.25, -0.2) is 9.78 Å². The van der Waals surface area contributed by atoms with Gasteiger partial charge in [-0.05, 0) is 37.1 Å². The highest BCUT2D eigenvalue weighted by Crippen LogP contribution is 2.43. The second kappa shape index (κ2) is 5.95. The predicted octanol–water partition coefficient (Wildman–Crippen LogP) is 2.93. The Hall–Kier alpha value is -0.720. The maximum atomic E-state index is 11.2. The summed E-state index contributed by atoms with van der Waals surface area (Å²) >= 11 is 3.55. The van der Waals surface area contributed by atoms with Crippen LogP contribution in [0.4, 0.5) is 0 Å². The average Bonchev–Trinajstić information content (AvgIpc) is 2.87.